The molecule has 0 saturated heterocycles. The smallest absolute Gasteiger partial charge is 0.119 e. The Morgan fingerprint density at radius 2 is 2.11 bits per heavy atom. The third-order valence-electron chi connectivity index (χ3n) is 4.14. The molecule has 0 heterocycles. The molecule has 1 aromatic carbocycles. The van der Waals surface area contributed by atoms with Crippen LogP contribution >= 0.6 is 15.9 Å². The highest BCUT2D eigenvalue weighted by atomic mass is 79.9. The van der Waals surface area contributed by atoms with Crippen molar-refractivity contribution < 1.29 is 4.74 Å². The molecule has 1 fully saturated rings. The summed E-state index contributed by atoms with van der Waals surface area (Å²) in [6.07, 6.45) is 5.13. The lowest BCUT2D eigenvalue weighted by Gasteiger charge is -2.37. The summed E-state index contributed by atoms with van der Waals surface area (Å²) >= 11 is 3.65. The van der Waals surface area contributed by atoms with Gasteiger partial charge in [0.1, 0.15) is 5.75 Å². The minimum Gasteiger partial charge on any atom is -0.497 e. The number of rotatable bonds is 7. The van der Waals surface area contributed by atoms with Crippen molar-refractivity contribution in [1.82, 2.24) is 5.32 Å². The van der Waals surface area contributed by atoms with E-state index in [-0.39, 0.29) is 0 Å². The highest BCUT2D eigenvalue weighted by Crippen LogP contribution is 2.38. The lowest BCUT2D eigenvalue weighted by Crippen LogP contribution is -2.36. The van der Waals surface area contributed by atoms with Crippen molar-refractivity contribution in [3.63, 3.8) is 0 Å². The highest BCUT2D eigenvalue weighted by molar-refractivity contribution is 9.10. The molecule has 2 atom stereocenters. The number of hydrogen-bond acceptors (Lipinski definition) is 2. The van der Waals surface area contributed by atoms with E-state index < -0.39 is 0 Å². The lowest BCUT2D eigenvalue weighted by molar-refractivity contribution is 0.171. The van der Waals surface area contributed by atoms with E-state index >= 15 is 0 Å². The largest absolute Gasteiger partial charge is 0.497 e. The second kappa shape index (κ2) is 7.30. The van der Waals surface area contributed by atoms with Crippen LogP contribution in [0.1, 0.15) is 31.7 Å². The minimum atomic E-state index is 0.827. The van der Waals surface area contributed by atoms with E-state index in [1.165, 1.54) is 35.8 Å². The van der Waals surface area contributed by atoms with Gasteiger partial charge in [-0.05, 0) is 74.4 Å². The van der Waals surface area contributed by atoms with Gasteiger partial charge < -0.3 is 10.1 Å². The molecule has 2 rings (SSSR count). The summed E-state index contributed by atoms with van der Waals surface area (Å²) in [5.41, 5.74) is 1.38. The molecule has 0 spiro atoms. The van der Waals surface area contributed by atoms with Crippen LogP contribution in [-0.2, 0) is 6.42 Å². The summed E-state index contributed by atoms with van der Waals surface area (Å²) in [7, 11) is 1.73. The maximum atomic E-state index is 5.32. The van der Waals surface area contributed by atoms with Crippen LogP contribution in [0.25, 0.3) is 0 Å². The topological polar surface area (TPSA) is 21.3 Å². The highest BCUT2D eigenvalue weighted by Gasteiger charge is 2.30. The molecular formula is C16H24BrNO. The predicted octanol–water partition coefficient (Wildman–Crippen LogP) is 4.03. The monoisotopic (exact) mass is 325 g/mol. The summed E-state index contributed by atoms with van der Waals surface area (Å²) in [5, 5.41) is 3.55. The van der Waals surface area contributed by atoms with E-state index in [0.717, 1.165) is 30.6 Å². The minimum absolute atomic E-state index is 0.827. The number of nitrogens with one attached hydrogen (secondary N) is 1. The number of halogens is 1. The van der Waals surface area contributed by atoms with E-state index in [2.05, 4.69) is 40.3 Å². The van der Waals surface area contributed by atoms with E-state index in [1.54, 1.807) is 7.11 Å². The molecule has 0 aliphatic heterocycles. The van der Waals surface area contributed by atoms with Gasteiger partial charge >= 0.3 is 0 Å². The number of hydrogen-bond donors (Lipinski definition) is 1. The van der Waals surface area contributed by atoms with Gasteiger partial charge in [-0.1, -0.05) is 22.9 Å². The SMILES string of the molecule is CCCNCC1CCC1Cc1cc(OC)ccc1Br. The van der Waals surface area contributed by atoms with Gasteiger partial charge in [-0.25, -0.2) is 0 Å². The molecular weight excluding hydrogens is 302 g/mol. The molecule has 0 amide bonds. The molecule has 1 aromatic rings. The quantitative estimate of drug-likeness (QED) is 0.764. The summed E-state index contributed by atoms with van der Waals surface area (Å²) in [6.45, 7) is 4.55. The molecule has 0 radical (unpaired) electrons. The van der Waals surface area contributed by atoms with Crippen LogP contribution in [0.4, 0.5) is 0 Å². The normalized spacial score (nSPS) is 22.1. The Bertz CT molecular complexity index is 408. The van der Waals surface area contributed by atoms with Crippen LogP contribution in [0.15, 0.2) is 22.7 Å². The Kier molecular flexibility index (Phi) is 5.71. The molecule has 1 aliphatic rings. The standard InChI is InChI=1S/C16H24BrNO/c1-3-8-18-11-13-5-4-12(13)9-14-10-15(19-2)6-7-16(14)17/h6-7,10,12-13,18H,3-5,8-9,11H2,1-2H3. The maximum absolute atomic E-state index is 5.32. The Hall–Kier alpha value is -0.540. The van der Waals surface area contributed by atoms with Crippen molar-refractivity contribution in [2.75, 3.05) is 20.2 Å². The number of benzene rings is 1. The van der Waals surface area contributed by atoms with Crippen LogP contribution in [0.2, 0.25) is 0 Å². The van der Waals surface area contributed by atoms with Gasteiger partial charge in [0.15, 0.2) is 0 Å². The van der Waals surface area contributed by atoms with Crippen molar-refractivity contribution in [2.24, 2.45) is 11.8 Å². The summed E-state index contributed by atoms with van der Waals surface area (Å²) in [6, 6.07) is 6.27. The number of ether oxygens (including phenoxy) is 1. The third-order valence-corrected chi connectivity index (χ3v) is 4.92. The van der Waals surface area contributed by atoms with Crippen molar-refractivity contribution in [3.8, 4) is 5.75 Å². The maximum Gasteiger partial charge on any atom is 0.119 e. The second-order valence-corrected chi connectivity index (χ2v) is 6.32. The average molecular weight is 326 g/mol. The van der Waals surface area contributed by atoms with Crippen LogP contribution in [-0.4, -0.2) is 20.2 Å². The molecule has 3 heteroatoms. The van der Waals surface area contributed by atoms with Gasteiger partial charge in [0.2, 0.25) is 0 Å². The Morgan fingerprint density at radius 3 is 2.74 bits per heavy atom. The van der Waals surface area contributed by atoms with Gasteiger partial charge in [-0.3, -0.25) is 0 Å². The summed E-state index contributed by atoms with van der Waals surface area (Å²) in [4.78, 5) is 0. The Labute approximate surface area is 125 Å². The first-order valence-electron chi connectivity index (χ1n) is 7.27. The number of methoxy groups -OCH3 is 1. The van der Waals surface area contributed by atoms with Gasteiger partial charge in [0.05, 0.1) is 7.11 Å². The third kappa shape index (κ3) is 3.96. The fraction of sp³-hybridized carbons (Fsp3) is 0.625. The van der Waals surface area contributed by atoms with Crippen molar-refractivity contribution in [3.05, 3.63) is 28.2 Å². The van der Waals surface area contributed by atoms with Crippen molar-refractivity contribution >= 4 is 15.9 Å². The molecule has 1 N–H and O–H groups in total. The summed E-state index contributed by atoms with van der Waals surface area (Å²) in [5.74, 6) is 2.63. The van der Waals surface area contributed by atoms with Crippen molar-refractivity contribution in [2.45, 2.75) is 32.6 Å². The molecule has 1 saturated carbocycles. The van der Waals surface area contributed by atoms with Crippen LogP contribution in [0.5, 0.6) is 5.75 Å². The van der Waals surface area contributed by atoms with Gasteiger partial charge in [0, 0.05) is 4.47 Å². The van der Waals surface area contributed by atoms with E-state index in [9.17, 15) is 0 Å². The molecule has 19 heavy (non-hydrogen) atoms. The van der Waals surface area contributed by atoms with Crippen molar-refractivity contribution in [1.29, 1.82) is 0 Å². The first-order chi connectivity index (χ1) is 9.24. The van der Waals surface area contributed by atoms with Crippen LogP contribution in [0.3, 0.4) is 0 Å². The molecule has 0 bridgehead atoms. The van der Waals surface area contributed by atoms with Gasteiger partial charge in [-0.2, -0.15) is 0 Å². The van der Waals surface area contributed by atoms with Crippen LogP contribution < -0.4 is 10.1 Å². The molecule has 2 unspecified atom stereocenters. The zero-order chi connectivity index (χ0) is 13.7. The molecule has 1 aliphatic carbocycles. The van der Waals surface area contributed by atoms with Gasteiger partial charge in [0.25, 0.3) is 0 Å². The van der Waals surface area contributed by atoms with E-state index in [0.29, 0.717) is 0 Å². The van der Waals surface area contributed by atoms with E-state index in [1.807, 2.05) is 6.07 Å². The Balaban J connectivity index is 1.90. The second-order valence-electron chi connectivity index (χ2n) is 5.46. The fourth-order valence-electron chi connectivity index (χ4n) is 2.76. The zero-order valence-electron chi connectivity index (χ0n) is 11.9. The zero-order valence-corrected chi connectivity index (χ0v) is 13.5. The van der Waals surface area contributed by atoms with Crippen LogP contribution in [0, 0.1) is 11.8 Å². The first kappa shape index (κ1) is 14.9. The first-order valence-corrected chi connectivity index (χ1v) is 8.07. The molecule has 2 nitrogen and oxygen atoms in total. The van der Waals surface area contributed by atoms with E-state index in [4.69, 9.17) is 4.74 Å². The average Bonchev–Trinajstić information content (AvgIpc) is 2.41. The Morgan fingerprint density at radius 1 is 1.32 bits per heavy atom. The lowest BCUT2D eigenvalue weighted by atomic mass is 9.70. The molecule has 106 valence electrons. The molecule has 0 aromatic heterocycles. The fourth-order valence-corrected chi connectivity index (χ4v) is 3.17. The predicted molar refractivity (Wildman–Crippen MR) is 83.8 cm³/mol. The summed E-state index contributed by atoms with van der Waals surface area (Å²) < 4.78 is 6.52. The van der Waals surface area contributed by atoms with Gasteiger partial charge in [-0.15, -0.1) is 0 Å².